The van der Waals surface area contributed by atoms with Crippen LogP contribution in [0.25, 0.3) is 10.8 Å². The third kappa shape index (κ3) is 2.21. The van der Waals surface area contributed by atoms with Gasteiger partial charge in [0.1, 0.15) is 11.6 Å². The summed E-state index contributed by atoms with van der Waals surface area (Å²) in [6.45, 7) is 0.839. The minimum Gasteiger partial charge on any atom is -0.368 e. The fourth-order valence-electron chi connectivity index (χ4n) is 1.71. The topological polar surface area (TPSA) is 94.1 Å². The van der Waals surface area contributed by atoms with Gasteiger partial charge in [0.2, 0.25) is 0 Å². The Morgan fingerprint density at radius 3 is 2.89 bits per heavy atom. The lowest BCUT2D eigenvalue weighted by atomic mass is 10.1. The molecular formula is C11H11FN4O2. The van der Waals surface area contributed by atoms with Crippen LogP contribution in [0.3, 0.4) is 0 Å². The molecule has 0 aliphatic rings. The van der Waals surface area contributed by atoms with Crippen LogP contribution in [-0.2, 0) is 0 Å². The van der Waals surface area contributed by atoms with E-state index in [1.807, 2.05) is 0 Å². The number of anilines is 1. The van der Waals surface area contributed by atoms with Gasteiger partial charge in [0.15, 0.2) is 0 Å². The van der Waals surface area contributed by atoms with Crippen LogP contribution in [0, 0.1) is 15.9 Å². The molecule has 0 atom stereocenters. The van der Waals surface area contributed by atoms with Crippen LogP contribution in [-0.4, -0.2) is 23.0 Å². The van der Waals surface area contributed by atoms with Crippen LogP contribution in [0.2, 0.25) is 0 Å². The lowest BCUT2D eigenvalue weighted by Gasteiger charge is -2.07. The maximum atomic E-state index is 13.4. The summed E-state index contributed by atoms with van der Waals surface area (Å²) in [7, 11) is 0. The summed E-state index contributed by atoms with van der Waals surface area (Å²) in [6, 6.07) is 3.60. The molecule has 1 aromatic heterocycles. The molecule has 1 heterocycles. The zero-order valence-corrected chi connectivity index (χ0v) is 9.39. The van der Waals surface area contributed by atoms with Gasteiger partial charge < -0.3 is 11.1 Å². The fraction of sp³-hybridized carbons (Fsp3) is 0.182. The maximum absolute atomic E-state index is 13.4. The molecule has 2 rings (SSSR count). The standard InChI is InChI=1S/C11H11FN4O2/c12-7-5-9-8(10(6-7)16(17)18)1-3-14-11(9)15-4-2-13/h1,3,5-6H,2,4,13H2,(H,14,15). The number of aromatic nitrogens is 1. The van der Waals surface area contributed by atoms with Gasteiger partial charge in [0.25, 0.3) is 5.69 Å². The van der Waals surface area contributed by atoms with E-state index in [1.54, 1.807) is 0 Å². The Morgan fingerprint density at radius 1 is 1.44 bits per heavy atom. The van der Waals surface area contributed by atoms with E-state index in [0.717, 1.165) is 6.07 Å². The van der Waals surface area contributed by atoms with Crippen molar-refractivity contribution in [2.24, 2.45) is 5.73 Å². The highest BCUT2D eigenvalue weighted by Crippen LogP contribution is 2.30. The summed E-state index contributed by atoms with van der Waals surface area (Å²) < 4.78 is 13.4. The van der Waals surface area contributed by atoms with E-state index in [0.29, 0.717) is 29.7 Å². The Bertz CT molecular complexity index is 603. The number of rotatable bonds is 4. The predicted octanol–water partition coefficient (Wildman–Crippen LogP) is 1.65. The smallest absolute Gasteiger partial charge is 0.280 e. The fourth-order valence-corrected chi connectivity index (χ4v) is 1.71. The lowest BCUT2D eigenvalue weighted by Crippen LogP contribution is -2.14. The van der Waals surface area contributed by atoms with Gasteiger partial charge in [-0.05, 0) is 12.1 Å². The number of nitro benzene ring substituents is 1. The first kappa shape index (κ1) is 12.2. The van der Waals surface area contributed by atoms with Gasteiger partial charge in [0.05, 0.1) is 16.4 Å². The first-order valence-corrected chi connectivity index (χ1v) is 5.30. The second-order valence-electron chi connectivity index (χ2n) is 3.65. The molecule has 94 valence electrons. The zero-order chi connectivity index (χ0) is 13.1. The van der Waals surface area contributed by atoms with Crippen molar-refractivity contribution >= 4 is 22.3 Å². The Kier molecular flexibility index (Phi) is 3.33. The van der Waals surface area contributed by atoms with E-state index in [1.165, 1.54) is 18.3 Å². The van der Waals surface area contributed by atoms with Crippen molar-refractivity contribution < 1.29 is 9.31 Å². The van der Waals surface area contributed by atoms with Crippen LogP contribution in [0.1, 0.15) is 0 Å². The first-order valence-electron chi connectivity index (χ1n) is 5.30. The Labute approximate surface area is 102 Å². The monoisotopic (exact) mass is 250 g/mol. The van der Waals surface area contributed by atoms with Gasteiger partial charge in [-0.25, -0.2) is 9.37 Å². The van der Waals surface area contributed by atoms with E-state index in [9.17, 15) is 14.5 Å². The quantitative estimate of drug-likeness (QED) is 0.635. The second kappa shape index (κ2) is 4.92. The highest BCUT2D eigenvalue weighted by molar-refractivity contribution is 5.97. The van der Waals surface area contributed by atoms with Gasteiger partial charge in [-0.2, -0.15) is 0 Å². The van der Waals surface area contributed by atoms with Crippen molar-refractivity contribution in [3.05, 3.63) is 40.3 Å². The van der Waals surface area contributed by atoms with Gasteiger partial charge in [-0.15, -0.1) is 0 Å². The molecule has 0 saturated carbocycles. The minimum absolute atomic E-state index is 0.275. The molecule has 3 N–H and O–H groups in total. The molecule has 0 saturated heterocycles. The average molecular weight is 250 g/mol. The Hall–Kier alpha value is -2.28. The maximum Gasteiger partial charge on any atom is 0.280 e. The molecule has 0 radical (unpaired) electrons. The van der Waals surface area contributed by atoms with Gasteiger partial charge >= 0.3 is 0 Å². The molecule has 0 amide bonds. The van der Waals surface area contributed by atoms with Crippen LogP contribution in [0.4, 0.5) is 15.9 Å². The van der Waals surface area contributed by atoms with Crippen molar-refractivity contribution in [2.45, 2.75) is 0 Å². The highest BCUT2D eigenvalue weighted by atomic mass is 19.1. The lowest BCUT2D eigenvalue weighted by molar-refractivity contribution is -0.383. The molecule has 0 aliphatic carbocycles. The summed E-state index contributed by atoms with van der Waals surface area (Å²) in [5.41, 5.74) is 5.08. The molecule has 0 bridgehead atoms. The molecule has 6 nitrogen and oxygen atoms in total. The number of nitrogens with two attached hydrogens (primary N) is 1. The van der Waals surface area contributed by atoms with Gasteiger partial charge in [-0.1, -0.05) is 0 Å². The molecule has 0 fully saturated rings. The second-order valence-corrected chi connectivity index (χ2v) is 3.65. The summed E-state index contributed by atoms with van der Waals surface area (Å²) in [6.07, 6.45) is 1.44. The van der Waals surface area contributed by atoms with Crippen LogP contribution < -0.4 is 11.1 Å². The highest BCUT2D eigenvalue weighted by Gasteiger charge is 2.16. The number of hydrogen-bond acceptors (Lipinski definition) is 5. The zero-order valence-electron chi connectivity index (χ0n) is 9.39. The molecule has 0 spiro atoms. The molecule has 7 heteroatoms. The van der Waals surface area contributed by atoms with Crippen molar-refractivity contribution in [1.29, 1.82) is 0 Å². The summed E-state index contributed by atoms with van der Waals surface area (Å²) in [4.78, 5) is 14.3. The SMILES string of the molecule is NCCNc1nccc2c([N+](=O)[O-])cc(F)cc12. The number of benzene rings is 1. The molecule has 0 unspecified atom stereocenters. The van der Waals surface area contributed by atoms with Crippen LogP contribution in [0.5, 0.6) is 0 Å². The predicted molar refractivity (Wildman–Crippen MR) is 65.9 cm³/mol. The number of fused-ring (bicyclic) bond motifs is 1. The summed E-state index contributed by atoms with van der Waals surface area (Å²) in [5, 5.41) is 14.5. The number of hydrogen-bond donors (Lipinski definition) is 2. The Morgan fingerprint density at radius 2 is 2.22 bits per heavy atom. The van der Waals surface area contributed by atoms with E-state index in [4.69, 9.17) is 5.73 Å². The number of halogens is 1. The largest absolute Gasteiger partial charge is 0.368 e. The van der Waals surface area contributed by atoms with Crippen molar-refractivity contribution in [3.63, 3.8) is 0 Å². The van der Waals surface area contributed by atoms with Gasteiger partial charge in [-0.3, -0.25) is 10.1 Å². The van der Waals surface area contributed by atoms with E-state index < -0.39 is 10.7 Å². The normalized spacial score (nSPS) is 10.6. The van der Waals surface area contributed by atoms with Crippen LogP contribution >= 0.6 is 0 Å². The van der Waals surface area contributed by atoms with Gasteiger partial charge in [0, 0.05) is 24.7 Å². The molecule has 18 heavy (non-hydrogen) atoms. The number of non-ortho nitro benzene ring substituents is 1. The number of nitrogens with one attached hydrogen (secondary N) is 1. The third-order valence-corrected chi connectivity index (χ3v) is 2.46. The average Bonchev–Trinajstić information content (AvgIpc) is 2.35. The van der Waals surface area contributed by atoms with Crippen molar-refractivity contribution in [1.82, 2.24) is 4.98 Å². The number of nitrogens with zero attached hydrogens (tertiary/aromatic N) is 2. The third-order valence-electron chi connectivity index (χ3n) is 2.46. The summed E-state index contributed by atoms with van der Waals surface area (Å²) >= 11 is 0. The molecule has 1 aromatic carbocycles. The Balaban J connectivity index is 2.65. The van der Waals surface area contributed by atoms with Crippen molar-refractivity contribution in [2.75, 3.05) is 18.4 Å². The molecule has 2 aromatic rings. The molecule has 0 aliphatic heterocycles. The summed E-state index contributed by atoms with van der Waals surface area (Å²) in [5.74, 6) is -0.279. The molecular weight excluding hydrogens is 239 g/mol. The van der Waals surface area contributed by atoms with E-state index in [-0.39, 0.29) is 5.69 Å². The minimum atomic E-state index is -0.669. The number of pyridine rings is 1. The van der Waals surface area contributed by atoms with Crippen LogP contribution in [0.15, 0.2) is 24.4 Å². The first-order chi connectivity index (χ1) is 8.63. The number of nitro groups is 1. The van der Waals surface area contributed by atoms with Crippen molar-refractivity contribution in [3.8, 4) is 0 Å². The van der Waals surface area contributed by atoms with E-state index >= 15 is 0 Å². The van der Waals surface area contributed by atoms with E-state index in [2.05, 4.69) is 10.3 Å².